The second kappa shape index (κ2) is 4.99. The highest BCUT2D eigenvalue weighted by molar-refractivity contribution is 9.10. The normalized spacial score (nSPS) is 10.7. The van der Waals surface area contributed by atoms with Crippen molar-refractivity contribution in [1.82, 2.24) is 0 Å². The lowest BCUT2D eigenvalue weighted by Crippen LogP contribution is -2.08. The van der Waals surface area contributed by atoms with Crippen LogP contribution in [0.4, 0.5) is 10.1 Å². The zero-order valence-corrected chi connectivity index (χ0v) is 10.4. The van der Waals surface area contributed by atoms with Crippen molar-refractivity contribution in [3.05, 3.63) is 27.4 Å². The molecule has 1 nitrogen and oxygen atoms in total. The van der Waals surface area contributed by atoms with Crippen molar-refractivity contribution in [3.8, 4) is 0 Å². The molecule has 1 aromatic carbocycles. The average Bonchev–Trinajstić information content (AvgIpc) is 2.10. The Bertz CT molecular complexity index is 305. The molecule has 0 heterocycles. The molecule has 0 aromatic heterocycles. The summed E-state index contributed by atoms with van der Waals surface area (Å²) in [6, 6.07) is 3.13. The molecule has 0 amide bonds. The summed E-state index contributed by atoms with van der Waals surface area (Å²) in [5, 5.41) is 3.49. The van der Waals surface area contributed by atoms with Gasteiger partial charge in [0.2, 0.25) is 0 Å². The van der Waals surface area contributed by atoms with Gasteiger partial charge in [0.05, 0.1) is 9.50 Å². The Morgan fingerprint density at radius 3 is 2.64 bits per heavy atom. The lowest BCUT2D eigenvalue weighted by Gasteiger charge is -2.10. The minimum atomic E-state index is -0.344. The van der Waals surface area contributed by atoms with Gasteiger partial charge in [-0.1, -0.05) is 25.4 Å². The summed E-state index contributed by atoms with van der Waals surface area (Å²) >= 11 is 8.87. The highest BCUT2D eigenvalue weighted by Gasteiger charge is 2.06. The Labute approximate surface area is 96.8 Å². The van der Waals surface area contributed by atoms with E-state index in [-0.39, 0.29) is 5.82 Å². The van der Waals surface area contributed by atoms with Crippen LogP contribution in [0.15, 0.2) is 16.6 Å². The number of rotatable bonds is 3. The van der Waals surface area contributed by atoms with Gasteiger partial charge in [0.25, 0.3) is 0 Å². The number of halogens is 3. The molecule has 0 bridgehead atoms. The molecule has 14 heavy (non-hydrogen) atoms. The van der Waals surface area contributed by atoms with Crippen molar-refractivity contribution < 1.29 is 4.39 Å². The maximum atomic E-state index is 13.2. The fourth-order valence-corrected chi connectivity index (χ4v) is 1.42. The largest absolute Gasteiger partial charge is 0.385 e. The second-order valence-electron chi connectivity index (χ2n) is 3.53. The molecule has 4 heteroatoms. The molecule has 0 aliphatic carbocycles. The summed E-state index contributed by atoms with van der Waals surface area (Å²) in [5.41, 5.74) is 0.712. The van der Waals surface area contributed by atoms with E-state index < -0.39 is 0 Å². The monoisotopic (exact) mass is 279 g/mol. The van der Waals surface area contributed by atoms with Crippen LogP contribution in [0.3, 0.4) is 0 Å². The molecule has 1 N–H and O–H groups in total. The molecule has 78 valence electrons. The third-order valence-corrected chi connectivity index (χ3v) is 3.03. The first-order chi connectivity index (χ1) is 6.50. The highest BCUT2D eigenvalue weighted by atomic mass is 79.9. The molecule has 0 atom stereocenters. The van der Waals surface area contributed by atoms with Crippen molar-refractivity contribution in [2.75, 3.05) is 11.9 Å². The Morgan fingerprint density at radius 1 is 1.50 bits per heavy atom. The van der Waals surface area contributed by atoms with Crippen LogP contribution in [0.1, 0.15) is 13.8 Å². The summed E-state index contributed by atoms with van der Waals surface area (Å²) < 4.78 is 13.5. The first kappa shape index (κ1) is 11.8. The summed E-state index contributed by atoms with van der Waals surface area (Å²) in [6.07, 6.45) is 0. The Morgan fingerprint density at radius 2 is 2.14 bits per heavy atom. The summed E-state index contributed by atoms with van der Waals surface area (Å²) in [7, 11) is 0. The van der Waals surface area contributed by atoms with E-state index in [4.69, 9.17) is 11.6 Å². The van der Waals surface area contributed by atoms with Crippen LogP contribution >= 0.6 is 27.5 Å². The van der Waals surface area contributed by atoms with Crippen LogP contribution in [0, 0.1) is 11.7 Å². The van der Waals surface area contributed by atoms with Gasteiger partial charge in [-0.3, -0.25) is 0 Å². The van der Waals surface area contributed by atoms with Gasteiger partial charge in [0.15, 0.2) is 0 Å². The molecule has 0 unspecified atom stereocenters. The summed E-state index contributed by atoms with van der Waals surface area (Å²) in [6.45, 7) is 4.98. The number of hydrogen-bond acceptors (Lipinski definition) is 1. The van der Waals surface area contributed by atoms with E-state index in [1.54, 1.807) is 6.07 Å². The lowest BCUT2D eigenvalue weighted by molar-refractivity contribution is 0.621. The minimum Gasteiger partial charge on any atom is -0.385 e. The Hall–Kier alpha value is -0.280. The van der Waals surface area contributed by atoms with E-state index in [1.165, 1.54) is 6.07 Å². The van der Waals surface area contributed by atoms with E-state index in [2.05, 4.69) is 35.1 Å². The van der Waals surface area contributed by atoms with Crippen molar-refractivity contribution in [1.29, 1.82) is 0 Å². The zero-order chi connectivity index (χ0) is 10.7. The van der Waals surface area contributed by atoms with Crippen LogP contribution < -0.4 is 5.32 Å². The van der Waals surface area contributed by atoms with Gasteiger partial charge in [-0.05, 0) is 34.0 Å². The quantitative estimate of drug-likeness (QED) is 0.814. The third kappa shape index (κ3) is 3.14. The molecule has 1 rings (SSSR count). The van der Waals surface area contributed by atoms with E-state index in [0.717, 1.165) is 6.54 Å². The van der Waals surface area contributed by atoms with Gasteiger partial charge in [-0.25, -0.2) is 4.39 Å². The van der Waals surface area contributed by atoms with Crippen LogP contribution in [0.2, 0.25) is 5.02 Å². The van der Waals surface area contributed by atoms with Crippen LogP contribution in [0.5, 0.6) is 0 Å². The second-order valence-corrected chi connectivity index (χ2v) is 4.73. The molecule has 0 aliphatic heterocycles. The molecule has 0 radical (unpaired) electrons. The summed E-state index contributed by atoms with van der Waals surface area (Å²) in [4.78, 5) is 0. The highest BCUT2D eigenvalue weighted by Crippen LogP contribution is 2.28. The van der Waals surface area contributed by atoms with E-state index in [9.17, 15) is 4.39 Å². The lowest BCUT2D eigenvalue weighted by atomic mass is 10.2. The van der Waals surface area contributed by atoms with Crippen molar-refractivity contribution in [2.24, 2.45) is 5.92 Å². The average molecular weight is 281 g/mol. The van der Waals surface area contributed by atoms with Crippen molar-refractivity contribution in [2.45, 2.75) is 13.8 Å². The predicted molar refractivity (Wildman–Crippen MR) is 62.4 cm³/mol. The summed E-state index contributed by atoms with van der Waals surface area (Å²) in [5.74, 6) is 0.171. The van der Waals surface area contributed by atoms with Gasteiger partial charge >= 0.3 is 0 Å². The first-order valence-corrected chi connectivity index (χ1v) is 5.56. The molecule has 0 saturated heterocycles. The first-order valence-electron chi connectivity index (χ1n) is 4.39. The number of hydrogen-bond donors (Lipinski definition) is 1. The van der Waals surface area contributed by atoms with Crippen LogP contribution in [0.25, 0.3) is 0 Å². The zero-order valence-electron chi connectivity index (χ0n) is 8.07. The molecule has 0 aliphatic rings. The van der Waals surface area contributed by atoms with E-state index in [1.807, 2.05) is 0 Å². The van der Waals surface area contributed by atoms with Crippen molar-refractivity contribution in [3.63, 3.8) is 0 Å². The molecule has 0 saturated carbocycles. The minimum absolute atomic E-state index is 0.314. The van der Waals surface area contributed by atoms with Crippen LogP contribution in [-0.4, -0.2) is 6.54 Å². The maximum absolute atomic E-state index is 13.2. The predicted octanol–water partition coefficient (Wildman–Crippen LogP) is 4.31. The fourth-order valence-electron chi connectivity index (χ4n) is 0.980. The smallest absolute Gasteiger partial charge is 0.140 e. The molecule has 0 spiro atoms. The van der Waals surface area contributed by atoms with Gasteiger partial charge < -0.3 is 5.32 Å². The van der Waals surface area contributed by atoms with Gasteiger partial charge in [0, 0.05) is 12.2 Å². The van der Waals surface area contributed by atoms with E-state index in [0.29, 0.717) is 21.1 Å². The molecular weight excluding hydrogens is 268 g/mol. The van der Waals surface area contributed by atoms with Crippen molar-refractivity contribution >= 4 is 33.2 Å². The Kier molecular flexibility index (Phi) is 4.20. The molecule has 0 fully saturated rings. The van der Waals surface area contributed by atoms with Gasteiger partial charge in [-0.15, -0.1) is 0 Å². The van der Waals surface area contributed by atoms with Crippen LogP contribution in [-0.2, 0) is 0 Å². The number of anilines is 1. The number of nitrogens with one attached hydrogen (secondary N) is 1. The third-order valence-electron chi connectivity index (χ3n) is 1.70. The van der Waals surface area contributed by atoms with Gasteiger partial charge in [0.1, 0.15) is 5.82 Å². The maximum Gasteiger partial charge on any atom is 0.140 e. The number of benzene rings is 1. The Balaban J connectivity index is 2.79. The fraction of sp³-hybridized carbons (Fsp3) is 0.400. The standard InChI is InChI=1S/C10H12BrClFN/c1-6(2)5-14-7-3-8(12)10(11)9(13)4-7/h3-4,6,14H,5H2,1-2H3. The SMILES string of the molecule is CC(C)CNc1cc(F)c(Br)c(Cl)c1. The van der Waals surface area contributed by atoms with Gasteiger partial charge in [-0.2, -0.15) is 0 Å². The topological polar surface area (TPSA) is 12.0 Å². The molecule has 1 aromatic rings. The van der Waals surface area contributed by atoms with E-state index >= 15 is 0 Å². The molecular formula is C10H12BrClFN.